The molecule has 0 saturated carbocycles. The van der Waals surface area contributed by atoms with Crippen LogP contribution < -0.4 is 11.1 Å². The maximum atomic E-state index is 10.9. The van der Waals surface area contributed by atoms with E-state index in [0.29, 0.717) is 5.89 Å². The zero-order valence-corrected chi connectivity index (χ0v) is 9.66. The van der Waals surface area contributed by atoms with Crippen LogP contribution in [0.4, 0.5) is 0 Å². The van der Waals surface area contributed by atoms with Crippen molar-refractivity contribution < 1.29 is 9.32 Å². The molecule has 0 fully saturated rings. The molecule has 3 rings (SSSR count). The van der Waals surface area contributed by atoms with Crippen LogP contribution in [0, 0.1) is 0 Å². The lowest BCUT2D eigenvalue weighted by Crippen LogP contribution is -2.29. The Hall–Kier alpha value is -1.73. The third-order valence-electron chi connectivity index (χ3n) is 2.70. The smallest absolute Gasteiger partial charge is 0.290 e. The summed E-state index contributed by atoms with van der Waals surface area (Å²) in [7, 11) is 0. The van der Waals surface area contributed by atoms with Gasteiger partial charge in [-0.25, -0.2) is 0 Å². The highest BCUT2D eigenvalue weighted by atomic mass is 32.1. The van der Waals surface area contributed by atoms with Crippen LogP contribution in [0.3, 0.4) is 0 Å². The number of aromatic nitrogens is 2. The van der Waals surface area contributed by atoms with E-state index in [9.17, 15) is 4.79 Å². The fourth-order valence-electron chi connectivity index (χ4n) is 1.92. The minimum absolute atomic E-state index is 0.0795. The van der Waals surface area contributed by atoms with Crippen molar-refractivity contribution in [3.63, 3.8) is 0 Å². The van der Waals surface area contributed by atoms with Gasteiger partial charge in [-0.3, -0.25) is 4.79 Å². The van der Waals surface area contributed by atoms with Gasteiger partial charge in [0.25, 0.3) is 11.7 Å². The lowest BCUT2D eigenvalue weighted by molar-refractivity contribution is 0.0987. The third-order valence-corrected chi connectivity index (χ3v) is 3.70. The molecule has 1 aliphatic heterocycles. The number of carbonyl (C=O) groups excluding carboxylic acids is 1. The summed E-state index contributed by atoms with van der Waals surface area (Å²) in [4.78, 5) is 16.2. The van der Waals surface area contributed by atoms with Gasteiger partial charge in [-0.15, -0.1) is 11.3 Å². The second kappa shape index (κ2) is 3.94. The Morgan fingerprint density at radius 2 is 2.53 bits per heavy atom. The van der Waals surface area contributed by atoms with Gasteiger partial charge in [-0.2, -0.15) is 4.98 Å². The predicted octanol–water partition coefficient (Wildman–Crippen LogP) is 0.465. The van der Waals surface area contributed by atoms with E-state index in [4.69, 9.17) is 10.3 Å². The van der Waals surface area contributed by atoms with Gasteiger partial charge in [0.1, 0.15) is 6.04 Å². The molecule has 2 aromatic rings. The number of thiophene rings is 1. The van der Waals surface area contributed by atoms with Crippen LogP contribution in [-0.2, 0) is 6.42 Å². The number of nitrogens with zero attached hydrogens (tertiary/aromatic N) is 2. The Morgan fingerprint density at radius 3 is 3.29 bits per heavy atom. The van der Waals surface area contributed by atoms with Crippen LogP contribution in [0.2, 0.25) is 0 Å². The Kier molecular flexibility index (Phi) is 2.41. The summed E-state index contributed by atoms with van der Waals surface area (Å²) in [6.45, 7) is 0.854. The highest BCUT2D eigenvalue weighted by Crippen LogP contribution is 2.31. The molecule has 88 valence electrons. The van der Waals surface area contributed by atoms with Crippen LogP contribution in [-0.4, -0.2) is 22.6 Å². The molecule has 7 heteroatoms. The highest BCUT2D eigenvalue weighted by molar-refractivity contribution is 7.10. The normalized spacial score (nSPS) is 18.9. The first kappa shape index (κ1) is 10.4. The third kappa shape index (κ3) is 1.73. The number of amides is 1. The van der Waals surface area contributed by atoms with Gasteiger partial charge >= 0.3 is 0 Å². The average molecular weight is 250 g/mol. The summed E-state index contributed by atoms with van der Waals surface area (Å²) in [6.07, 6.45) is 1.00. The Morgan fingerprint density at radius 1 is 1.65 bits per heavy atom. The first-order chi connectivity index (χ1) is 8.25. The number of hydrogen-bond acceptors (Lipinski definition) is 6. The zero-order chi connectivity index (χ0) is 11.8. The number of hydrogen-bond donors (Lipinski definition) is 2. The molecule has 3 N–H and O–H groups in total. The summed E-state index contributed by atoms with van der Waals surface area (Å²) in [6, 6.07) is 1.90. The van der Waals surface area contributed by atoms with Crippen LogP contribution in [0.5, 0.6) is 0 Å². The molecule has 3 heterocycles. The van der Waals surface area contributed by atoms with Gasteiger partial charge in [-0.05, 0) is 23.4 Å². The summed E-state index contributed by atoms with van der Waals surface area (Å²) >= 11 is 1.72. The maximum absolute atomic E-state index is 10.9. The monoisotopic (exact) mass is 250 g/mol. The molecule has 0 spiro atoms. The first-order valence-electron chi connectivity index (χ1n) is 5.19. The standard InChI is InChI=1S/C10H10N4O2S/c11-8(15)9-13-10(16-14-9)7-5-2-4-17-6(5)1-3-12-7/h2,4,7,12H,1,3H2,(H2,11,15). The van der Waals surface area contributed by atoms with Crippen LogP contribution in [0.1, 0.15) is 33.0 Å². The fraction of sp³-hybridized carbons (Fsp3) is 0.300. The SMILES string of the molecule is NC(=O)c1noc(C2NCCc3sccc32)n1. The van der Waals surface area contributed by atoms with Crippen LogP contribution >= 0.6 is 11.3 Å². The Balaban J connectivity index is 1.98. The predicted molar refractivity (Wildman–Crippen MR) is 60.7 cm³/mol. The molecule has 2 aromatic heterocycles. The molecule has 1 amide bonds. The van der Waals surface area contributed by atoms with Gasteiger partial charge in [0, 0.05) is 11.4 Å². The minimum atomic E-state index is -0.679. The molecule has 17 heavy (non-hydrogen) atoms. The zero-order valence-electron chi connectivity index (χ0n) is 8.84. The van der Waals surface area contributed by atoms with E-state index in [1.54, 1.807) is 11.3 Å². The number of nitrogens with two attached hydrogens (primary N) is 1. The molecule has 1 atom stereocenters. The second-order valence-electron chi connectivity index (χ2n) is 3.76. The average Bonchev–Trinajstić information content (AvgIpc) is 2.97. The van der Waals surface area contributed by atoms with E-state index in [0.717, 1.165) is 18.5 Å². The van der Waals surface area contributed by atoms with Crippen LogP contribution in [0.25, 0.3) is 0 Å². The van der Waals surface area contributed by atoms with Crippen molar-refractivity contribution in [2.24, 2.45) is 5.73 Å². The lowest BCUT2D eigenvalue weighted by Gasteiger charge is -2.20. The summed E-state index contributed by atoms with van der Waals surface area (Å²) in [5.41, 5.74) is 6.23. The molecule has 0 bridgehead atoms. The van der Waals surface area contributed by atoms with Gasteiger partial charge in [-0.1, -0.05) is 5.16 Å². The quantitative estimate of drug-likeness (QED) is 0.807. The Labute approximate surface area is 101 Å². The molecule has 0 saturated heterocycles. The first-order valence-corrected chi connectivity index (χ1v) is 6.06. The van der Waals surface area contributed by atoms with E-state index in [2.05, 4.69) is 15.5 Å². The number of nitrogens with one attached hydrogen (secondary N) is 1. The molecule has 1 aliphatic rings. The summed E-state index contributed by atoms with van der Waals surface area (Å²) in [5.74, 6) is -0.372. The fourth-order valence-corrected chi connectivity index (χ4v) is 2.84. The lowest BCUT2D eigenvalue weighted by atomic mass is 10.0. The van der Waals surface area contributed by atoms with Crippen molar-refractivity contribution >= 4 is 17.2 Å². The van der Waals surface area contributed by atoms with Crippen molar-refractivity contribution in [3.05, 3.63) is 33.6 Å². The molecule has 1 unspecified atom stereocenters. The number of rotatable bonds is 2. The van der Waals surface area contributed by atoms with Gasteiger partial charge in [0.05, 0.1) is 0 Å². The van der Waals surface area contributed by atoms with Crippen molar-refractivity contribution in [1.82, 2.24) is 15.5 Å². The van der Waals surface area contributed by atoms with E-state index >= 15 is 0 Å². The molecule has 0 aliphatic carbocycles. The van der Waals surface area contributed by atoms with Gasteiger partial charge in [0.15, 0.2) is 0 Å². The van der Waals surface area contributed by atoms with Gasteiger partial charge in [0.2, 0.25) is 5.89 Å². The Bertz CT molecular complexity index is 562. The van der Waals surface area contributed by atoms with Crippen molar-refractivity contribution in [2.75, 3.05) is 6.54 Å². The molecular formula is C10H10N4O2S. The van der Waals surface area contributed by atoms with Gasteiger partial charge < -0.3 is 15.6 Å². The number of fused-ring (bicyclic) bond motifs is 1. The maximum Gasteiger partial charge on any atom is 0.290 e. The van der Waals surface area contributed by atoms with E-state index in [-0.39, 0.29) is 11.9 Å². The largest absolute Gasteiger partial charge is 0.363 e. The number of primary amides is 1. The van der Waals surface area contributed by atoms with E-state index < -0.39 is 5.91 Å². The molecule has 0 radical (unpaired) electrons. The minimum Gasteiger partial charge on any atom is -0.363 e. The van der Waals surface area contributed by atoms with E-state index in [1.165, 1.54) is 4.88 Å². The molecule has 6 nitrogen and oxygen atoms in total. The topological polar surface area (TPSA) is 94.0 Å². The summed E-state index contributed by atoms with van der Waals surface area (Å²) in [5, 5.41) is 8.88. The van der Waals surface area contributed by atoms with E-state index in [1.807, 2.05) is 11.4 Å². The molecular weight excluding hydrogens is 240 g/mol. The van der Waals surface area contributed by atoms with Crippen molar-refractivity contribution in [3.8, 4) is 0 Å². The second-order valence-corrected chi connectivity index (χ2v) is 4.76. The number of carbonyl (C=O) groups is 1. The van der Waals surface area contributed by atoms with Crippen molar-refractivity contribution in [1.29, 1.82) is 0 Å². The van der Waals surface area contributed by atoms with Crippen LogP contribution in [0.15, 0.2) is 16.0 Å². The summed E-state index contributed by atoms with van der Waals surface area (Å²) < 4.78 is 5.07. The highest BCUT2D eigenvalue weighted by Gasteiger charge is 2.27. The van der Waals surface area contributed by atoms with Crippen molar-refractivity contribution in [2.45, 2.75) is 12.5 Å². The molecule has 0 aromatic carbocycles.